The molecule has 0 saturated carbocycles. The molecular formula is C58H113NO11S. The summed E-state index contributed by atoms with van der Waals surface area (Å²) in [5.74, 6) is -0.255. The minimum absolute atomic E-state index is 0.255. The Morgan fingerprint density at radius 3 is 1.23 bits per heavy atom. The summed E-state index contributed by atoms with van der Waals surface area (Å²) in [5, 5.41) is 45.0. The van der Waals surface area contributed by atoms with E-state index in [0.29, 0.717) is 6.42 Å². The zero-order chi connectivity index (χ0) is 51.9. The van der Waals surface area contributed by atoms with Crippen LogP contribution in [0.3, 0.4) is 0 Å². The third-order valence-corrected chi connectivity index (χ3v) is 15.0. The molecule has 0 aromatic carbocycles. The van der Waals surface area contributed by atoms with E-state index in [1.807, 2.05) is 6.08 Å². The van der Waals surface area contributed by atoms with Gasteiger partial charge in [-0.1, -0.05) is 283 Å². The standard InChI is InChI=1S/C58H113NO11S/c1-3-5-7-9-11-13-15-17-19-21-23-25-27-29-31-33-35-37-39-41-43-45-47-52(61)51(50-68-58-56(64)57(70-71(65,66)67)55(63)53(49-60)69-58)59-54(62)48-46-44-42-40-38-36-34-32-30-28-26-24-22-20-18-16-14-12-10-8-6-4-2/h45,47,51-53,55-58,60-61,63-64H,3-44,46,48-50H2,1-2H3,(H,59,62)(H,65,66,67)/b47-45+. The molecule has 0 bridgehead atoms. The lowest BCUT2D eigenvalue weighted by atomic mass is 9.99. The average Bonchev–Trinajstić information content (AvgIpc) is 3.34. The number of hydrogen-bond acceptors (Lipinski definition) is 10. The molecular weight excluding hydrogens is 919 g/mol. The summed E-state index contributed by atoms with van der Waals surface area (Å²) >= 11 is 0. The third-order valence-electron chi connectivity index (χ3n) is 14.6. The molecule has 1 aliphatic heterocycles. The lowest BCUT2D eigenvalue weighted by molar-refractivity contribution is -0.298. The van der Waals surface area contributed by atoms with Crippen LogP contribution in [-0.4, -0.2) is 95.4 Å². The van der Waals surface area contributed by atoms with Crippen molar-refractivity contribution in [3.8, 4) is 0 Å². The second-order valence-corrected chi connectivity index (χ2v) is 22.4. The number of carbonyl (C=O) groups is 1. The summed E-state index contributed by atoms with van der Waals surface area (Å²) in [5.41, 5.74) is 0. The number of unbranched alkanes of at least 4 members (excludes halogenated alkanes) is 41. The highest BCUT2D eigenvalue weighted by atomic mass is 32.3. The normalized spacial score (nSPS) is 19.5. The summed E-state index contributed by atoms with van der Waals surface area (Å²) in [6.45, 7) is 3.45. The van der Waals surface area contributed by atoms with Crippen LogP contribution >= 0.6 is 0 Å². The van der Waals surface area contributed by atoms with E-state index in [-0.39, 0.29) is 18.9 Å². The summed E-state index contributed by atoms with van der Waals surface area (Å²) < 4.78 is 47.9. The Labute approximate surface area is 436 Å². The van der Waals surface area contributed by atoms with Gasteiger partial charge in [-0.2, -0.15) is 8.42 Å². The fraction of sp³-hybridized carbons (Fsp3) is 0.948. The van der Waals surface area contributed by atoms with E-state index in [1.165, 1.54) is 231 Å². The predicted molar refractivity (Wildman–Crippen MR) is 292 cm³/mol. The van der Waals surface area contributed by atoms with Gasteiger partial charge >= 0.3 is 10.4 Å². The van der Waals surface area contributed by atoms with E-state index in [9.17, 15) is 38.2 Å². The highest BCUT2D eigenvalue weighted by molar-refractivity contribution is 7.80. The van der Waals surface area contributed by atoms with Crippen LogP contribution in [0.15, 0.2) is 12.2 Å². The summed E-state index contributed by atoms with van der Waals surface area (Å²) in [7, 11) is -5.09. The van der Waals surface area contributed by atoms with Gasteiger partial charge in [0, 0.05) is 6.42 Å². The number of ether oxygens (including phenoxy) is 2. The molecule has 6 N–H and O–H groups in total. The van der Waals surface area contributed by atoms with Gasteiger partial charge in [-0.05, 0) is 19.3 Å². The van der Waals surface area contributed by atoms with E-state index in [0.717, 1.165) is 38.5 Å². The third kappa shape index (κ3) is 40.8. The topological polar surface area (TPSA) is 192 Å². The fourth-order valence-corrected chi connectivity index (χ4v) is 10.4. The van der Waals surface area contributed by atoms with Crippen LogP contribution in [0.25, 0.3) is 0 Å². The molecule has 1 fully saturated rings. The molecule has 0 spiro atoms. The number of carbonyl (C=O) groups excluding carboxylic acids is 1. The maximum atomic E-state index is 13.1. The first-order valence-corrected chi connectivity index (χ1v) is 31.4. The first kappa shape index (κ1) is 67.9. The van der Waals surface area contributed by atoms with E-state index in [2.05, 4.69) is 23.3 Å². The van der Waals surface area contributed by atoms with Gasteiger partial charge in [-0.15, -0.1) is 0 Å². The smallest absolute Gasteiger partial charge is 0.394 e. The molecule has 0 aromatic heterocycles. The van der Waals surface area contributed by atoms with Gasteiger partial charge in [0.2, 0.25) is 5.91 Å². The van der Waals surface area contributed by atoms with Crippen LogP contribution in [0, 0.1) is 0 Å². The van der Waals surface area contributed by atoms with Crippen molar-refractivity contribution in [2.24, 2.45) is 0 Å². The Morgan fingerprint density at radius 1 is 0.549 bits per heavy atom. The van der Waals surface area contributed by atoms with E-state index < -0.39 is 59.9 Å². The lowest BCUT2D eigenvalue weighted by Crippen LogP contribution is -2.61. The summed E-state index contributed by atoms with van der Waals surface area (Å²) in [6.07, 6.45) is 49.7. The lowest BCUT2D eigenvalue weighted by Gasteiger charge is -2.41. The van der Waals surface area contributed by atoms with Gasteiger partial charge < -0.3 is 35.2 Å². The second kappa shape index (κ2) is 48.5. The first-order valence-electron chi connectivity index (χ1n) is 30.1. The minimum Gasteiger partial charge on any atom is -0.394 e. The molecule has 1 rings (SSSR count). The molecule has 0 radical (unpaired) electrons. The van der Waals surface area contributed by atoms with Gasteiger partial charge in [0.05, 0.1) is 25.4 Å². The molecule has 7 atom stereocenters. The molecule has 1 saturated heterocycles. The Kier molecular flexibility index (Phi) is 46.3. The molecule has 1 aliphatic rings. The Balaban J connectivity index is 2.35. The molecule has 13 heteroatoms. The van der Waals surface area contributed by atoms with Gasteiger partial charge in [-0.25, -0.2) is 4.18 Å². The number of rotatable bonds is 53. The average molecular weight is 1030 g/mol. The quantitative estimate of drug-likeness (QED) is 0.0193. The molecule has 1 heterocycles. The van der Waals surface area contributed by atoms with Crippen LogP contribution in [-0.2, 0) is 28.9 Å². The van der Waals surface area contributed by atoms with Crippen molar-refractivity contribution in [2.45, 2.75) is 339 Å². The molecule has 0 aliphatic carbocycles. The highest BCUT2D eigenvalue weighted by Gasteiger charge is 2.48. The van der Waals surface area contributed by atoms with Crippen LogP contribution in [0.5, 0.6) is 0 Å². The van der Waals surface area contributed by atoms with Gasteiger partial charge in [0.15, 0.2) is 6.29 Å². The van der Waals surface area contributed by atoms with Crippen LogP contribution < -0.4 is 5.32 Å². The Morgan fingerprint density at radius 2 is 0.887 bits per heavy atom. The monoisotopic (exact) mass is 1030 g/mol. The van der Waals surface area contributed by atoms with Gasteiger partial charge in [0.1, 0.15) is 24.4 Å². The molecule has 12 nitrogen and oxygen atoms in total. The number of nitrogens with one attached hydrogen (secondary N) is 1. The highest BCUT2D eigenvalue weighted by Crippen LogP contribution is 2.26. The van der Waals surface area contributed by atoms with Crippen molar-refractivity contribution in [3.05, 3.63) is 12.2 Å². The summed E-state index contributed by atoms with van der Waals surface area (Å²) in [4.78, 5) is 13.1. The Hall–Kier alpha value is -1.16. The maximum Gasteiger partial charge on any atom is 0.397 e. The fourth-order valence-electron chi connectivity index (χ4n) is 9.93. The van der Waals surface area contributed by atoms with E-state index >= 15 is 0 Å². The second-order valence-electron chi connectivity index (χ2n) is 21.3. The van der Waals surface area contributed by atoms with Crippen LogP contribution in [0.1, 0.15) is 296 Å². The van der Waals surface area contributed by atoms with Crippen molar-refractivity contribution >= 4 is 16.3 Å². The van der Waals surface area contributed by atoms with Crippen LogP contribution in [0.4, 0.5) is 0 Å². The van der Waals surface area contributed by atoms with Crippen molar-refractivity contribution in [1.82, 2.24) is 5.32 Å². The number of aliphatic hydroxyl groups is 4. The van der Waals surface area contributed by atoms with Crippen molar-refractivity contribution < 1.29 is 51.8 Å². The van der Waals surface area contributed by atoms with E-state index in [1.54, 1.807) is 6.08 Å². The maximum absolute atomic E-state index is 13.1. The number of hydrogen-bond donors (Lipinski definition) is 6. The number of amides is 1. The van der Waals surface area contributed by atoms with Gasteiger partial charge in [0.25, 0.3) is 0 Å². The number of allylic oxidation sites excluding steroid dienone is 1. The zero-order valence-electron chi connectivity index (χ0n) is 45.8. The predicted octanol–water partition coefficient (Wildman–Crippen LogP) is 14.2. The summed E-state index contributed by atoms with van der Waals surface area (Å²) in [6, 6.07) is -0.940. The molecule has 422 valence electrons. The van der Waals surface area contributed by atoms with Crippen LogP contribution in [0.2, 0.25) is 0 Å². The Bertz CT molecular complexity index is 1310. The minimum atomic E-state index is -5.09. The van der Waals surface area contributed by atoms with Crippen molar-refractivity contribution in [2.75, 3.05) is 13.2 Å². The van der Waals surface area contributed by atoms with Crippen molar-refractivity contribution in [3.63, 3.8) is 0 Å². The zero-order valence-corrected chi connectivity index (χ0v) is 46.6. The van der Waals surface area contributed by atoms with E-state index in [4.69, 9.17) is 9.47 Å². The van der Waals surface area contributed by atoms with Gasteiger partial charge in [-0.3, -0.25) is 9.35 Å². The molecule has 0 aromatic rings. The SMILES string of the molecule is CCCCCCCCCCCCCCCCCCCCCC/C=C/C(O)C(COC1OC(CO)C(O)C(OS(=O)(=O)O)C1O)NC(=O)CCCCCCCCCCCCCCCCCCCCCCCC. The van der Waals surface area contributed by atoms with Crippen molar-refractivity contribution in [1.29, 1.82) is 0 Å². The molecule has 1 amide bonds. The molecule has 71 heavy (non-hydrogen) atoms. The number of aliphatic hydroxyl groups excluding tert-OH is 4. The molecule has 7 unspecified atom stereocenters. The largest absolute Gasteiger partial charge is 0.397 e. The first-order chi connectivity index (χ1) is 34.5.